The number of amides is 1. The highest BCUT2D eigenvalue weighted by Crippen LogP contribution is 2.28. The lowest BCUT2D eigenvalue weighted by atomic mass is 9.96. The number of carbonyl (C=O) groups is 1. The van der Waals surface area contributed by atoms with Gasteiger partial charge in [0.25, 0.3) is 0 Å². The first kappa shape index (κ1) is 12.7. The molecule has 1 amide bonds. The number of nitrogens with one attached hydrogen (secondary N) is 1. The maximum Gasteiger partial charge on any atom is 0.225 e. The minimum atomic E-state index is 0.226. The normalized spacial score (nSPS) is 20.1. The SMILES string of the molecule is CCNC(=O)C1CN(CC2Cc3ccccc3C2)C1. The van der Waals surface area contributed by atoms with Crippen molar-refractivity contribution < 1.29 is 4.79 Å². The third kappa shape index (κ3) is 2.66. The molecule has 0 unspecified atom stereocenters. The Balaban J connectivity index is 1.45. The van der Waals surface area contributed by atoms with Crippen LogP contribution in [0.5, 0.6) is 0 Å². The Morgan fingerprint density at radius 2 is 1.89 bits per heavy atom. The average molecular weight is 258 g/mol. The topological polar surface area (TPSA) is 32.3 Å². The summed E-state index contributed by atoms with van der Waals surface area (Å²) in [5.41, 5.74) is 3.04. The highest BCUT2D eigenvalue weighted by Gasteiger charge is 2.34. The second-order valence-corrected chi connectivity index (χ2v) is 5.85. The van der Waals surface area contributed by atoms with Gasteiger partial charge in [0, 0.05) is 26.2 Å². The van der Waals surface area contributed by atoms with Crippen molar-refractivity contribution in [3.63, 3.8) is 0 Å². The third-order valence-electron chi connectivity index (χ3n) is 4.33. The van der Waals surface area contributed by atoms with Crippen LogP contribution in [0.4, 0.5) is 0 Å². The van der Waals surface area contributed by atoms with Gasteiger partial charge in [-0.1, -0.05) is 24.3 Å². The van der Waals surface area contributed by atoms with Crippen LogP contribution in [0.3, 0.4) is 0 Å². The molecule has 1 aliphatic carbocycles. The summed E-state index contributed by atoms with van der Waals surface area (Å²) in [5.74, 6) is 1.20. The summed E-state index contributed by atoms with van der Waals surface area (Å²) in [4.78, 5) is 14.1. The van der Waals surface area contributed by atoms with E-state index in [1.54, 1.807) is 0 Å². The first-order valence-electron chi connectivity index (χ1n) is 7.33. The van der Waals surface area contributed by atoms with Gasteiger partial charge < -0.3 is 10.2 Å². The number of hydrogen-bond donors (Lipinski definition) is 1. The quantitative estimate of drug-likeness (QED) is 0.887. The van der Waals surface area contributed by atoms with Gasteiger partial charge >= 0.3 is 0 Å². The van der Waals surface area contributed by atoms with Crippen LogP contribution in [-0.2, 0) is 17.6 Å². The zero-order valence-electron chi connectivity index (χ0n) is 11.6. The number of hydrogen-bond acceptors (Lipinski definition) is 2. The van der Waals surface area contributed by atoms with Crippen LogP contribution >= 0.6 is 0 Å². The number of nitrogens with zero attached hydrogens (tertiary/aromatic N) is 1. The molecule has 1 aromatic rings. The van der Waals surface area contributed by atoms with Gasteiger partial charge in [-0.15, -0.1) is 0 Å². The molecule has 0 saturated carbocycles. The number of likely N-dealkylation sites (tertiary alicyclic amines) is 1. The number of rotatable bonds is 4. The van der Waals surface area contributed by atoms with Crippen molar-refractivity contribution in [2.75, 3.05) is 26.2 Å². The maximum atomic E-state index is 11.6. The molecule has 1 aromatic carbocycles. The van der Waals surface area contributed by atoms with E-state index in [9.17, 15) is 4.79 Å². The fraction of sp³-hybridized carbons (Fsp3) is 0.562. The predicted molar refractivity (Wildman–Crippen MR) is 76.0 cm³/mol. The second-order valence-electron chi connectivity index (χ2n) is 5.85. The third-order valence-corrected chi connectivity index (χ3v) is 4.33. The van der Waals surface area contributed by atoms with Gasteiger partial charge in [0.1, 0.15) is 0 Å². The minimum Gasteiger partial charge on any atom is -0.356 e. The van der Waals surface area contributed by atoms with E-state index in [-0.39, 0.29) is 11.8 Å². The highest BCUT2D eigenvalue weighted by molar-refractivity contribution is 5.79. The molecular formula is C16H22N2O. The van der Waals surface area contributed by atoms with Crippen LogP contribution in [0, 0.1) is 11.8 Å². The molecule has 1 aliphatic heterocycles. The van der Waals surface area contributed by atoms with Gasteiger partial charge in [0.05, 0.1) is 5.92 Å². The Hall–Kier alpha value is -1.35. The first-order valence-corrected chi connectivity index (χ1v) is 7.33. The molecule has 3 rings (SSSR count). The van der Waals surface area contributed by atoms with Gasteiger partial charge in [-0.25, -0.2) is 0 Å². The maximum absolute atomic E-state index is 11.6. The van der Waals surface area contributed by atoms with Gasteiger partial charge in [-0.2, -0.15) is 0 Å². The van der Waals surface area contributed by atoms with E-state index in [1.165, 1.54) is 24.0 Å². The van der Waals surface area contributed by atoms with Crippen molar-refractivity contribution in [1.82, 2.24) is 10.2 Å². The largest absolute Gasteiger partial charge is 0.356 e. The Bertz CT molecular complexity index is 441. The lowest BCUT2D eigenvalue weighted by Crippen LogP contribution is -2.54. The van der Waals surface area contributed by atoms with Gasteiger partial charge in [-0.3, -0.25) is 4.79 Å². The van der Waals surface area contributed by atoms with E-state index in [4.69, 9.17) is 0 Å². The molecule has 1 saturated heterocycles. The fourth-order valence-corrected chi connectivity index (χ4v) is 3.35. The van der Waals surface area contributed by atoms with Crippen LogP contribution in [0.15, 0.2) is 24.3 Å². The van der Waals surface area contributed by atoms with Crippen LogP contribution in [-0.4, -0.2) is 37.0 Å². The van der Waals surface area contributed by atoms with Crippen molar-refractivity contribution in [3.8, 4) is 0 Å². The van der Waals surface area contributed by atoms with Crippen LogP contribution < -0.4 is 5.32 Å². The van der Waals surface area contributed by atoms with Crippen molar-refractivity contribution in [3.05, 3.63) is 35.4 Å². The summed E-state index contributed by atoms with van der Waals surface area (Å²) in [5, 5.41) is 2.91. The molecule has 0 aromatic heterocycles. The summed E-state index contributed by atoms with van der Waals surface area (Å²) in [6, 6.07) is 8.78. The van der Waals surface area contributed by atoms with Gasteiger partial charge in [0.15, 0.2) is 0 Å². The van der Waals surface area contributed by atoms with E-state index in [0.717, 1.165) is 32.1 Å². The van der Waals surface area contributed by atoms with Crippen molar-refractivity contribution >= 4 is 5.91 Å². The first-order chi connectivity index (χ1) is 9.26. The van der Waals surface area contributed by atoms with E-state index in [1.807, 2.05) is 6.92 Å². The molecule has 1 fully saturated rings. The summed E-state index contributed by atoms with van der Waals surface area (Å²) in [7, 11) is 0. The molecule has 19 heavy (non-hydrogen) atoms. The van der Waals surface area contributed by atoms with Crippen LogP contribution in [0.25, 0.3) is 0 Å². The van der Waals surface area contributed by atoms with Crippen molar-refractivity contribution in [2.45, 2.75) is 19.8 Å². The minimum absolute atomic E-state index is 0.226. The fourth-order valence-electron chi connectivity index (χ4n) is 3.35. The molecule has 102 valence electrons. The highest BCUT2D eigenvalue weighted by atomic mass is 16.2. The molecule has 0 radical (unpaired) electrons. The summed E-state index contributed by atoms with van der Waals surface area (Å²) in [6.07, 6.45) is 2.41. The Labute approximate surface area is 115 Å². The lowest BCUT2D eigenvalue weighted by Gasteiger charge is -2.39. The molecule has 0 atom stereocenters. The standard InChI is InChI=1S/C16H22N2O/c1-2-17-16(19)15-10-18(11-15)9-12-7-13-5-3-4-6-14(13)8-12/h3-6,12,15H,2,7-11H2,1H3,(H,17,19). The predicted octanol–water partition coefficient (Wildman–Crippen LogP) is 1.47. The Morgan fingerprint density at radius 1 is 1.26 bits per heavy atom. The van der Waals surface area contributed by atoms with E-state index in [0.29, 0.717) is 0 Å². The zero-order chi connectivity index (χ0) is 13.2. The number of benzene rings is 1. The van der Waals surface area contributed by atoms with E-state index >= 15 is 0 Å². The molecule has 0 bridgehead atoms. The zero-order valence-corrected chi connectivity index (χ0v) is 11.6. The van der Waals surface area contributed by atoms with Crippen molar-refractivity contribution in [2.24, 2.45) is 11.8 Å². The molecule has 0 spiro atoms. The lowest BCUT2D eigenvalue weighted by molar-refractivity contribution is -0.130. The van der Waals surface area contributed by atoms with Gasteiger partial charge in [-0.05, 0) is 36.8 Å². The van der Waals surface area contributed by atoms with Gasteiger partial charge in [0.2, 0.25) is 5.91 Å². The average Bonchev–Trinajstić information content (AvgIpc) is 2.75. The molecule has 3 heteroatoms. The van der Waals surface area contributed by atoms with E-state index in [2.05, 4.69) is 34.5 Å². The Morgan fingerprint density at radius 3 is 2.47 bits per heavy atom. The molecular weight excluding hydrogens is 236 g/mol. The summed E-state index contributed by atoms with van der Waals surface area (Å²) >= 11 is 0. The van der Waals surface area contributed by atoms with Crippen LogP contribution in [0.2, 0.25) is 0 Å². The summed E-state index contributed by atoms with van der Waals surface area (Å²) in [6.45, 7) is 5.75. The smallest absolute Gasteiger partial charge is 0.225 e. The molecule has 2 aliphatic rings. The second kappa shape index (κ2) is 5.33. The van der Waals surface area contributed by atoms with Crippen molar-refractivity contribution in [1.29, 1.82) is 0 Å². The van der Waals surface area contributed by atoms with E-state index < -0.39 is 0 Å². The monoisotopic (exact) mass is 258 g/mol. The summed E-state index contributed by atoms with van der Waals surface area (Å²) < 4.78 is 0. The number of fused-ring (bicyclic) bond motifs is 1. The molecule has 1 N–H and O–H groups in total. The Kier molecular flexibility index (Phi) is 3.56. The molecule has 1 heterocycles. The molecule has 3 nitrogen and oxygen atoms in total. The van der Waals surface area contributed by atoms with Crippen LogP contribution in [0.1, 0.15) is 18.1 Å². The number of carbonyl (C=O) groups excluding carboxylic acids is 1.